The highest BCUT2D eigenvalue weighted by molar-refractivity contribution is 5.86. The molecule has 0 radical (unpaired) electrons. The number of benzene rings is 2. The van der Waals surface area contributed by atoms with Gasteiger partial charge in [-0.2, -0.15) is 0 Å². The molecule has 0 saturated heterocycles. The van der Waals surface area contributed by atoms with E-state index in [9.17, 15) is 5.11 Å². The fourth-order valence-corrected chi connectivity index (χ4v) is 3.69. The van der Waals surface area contributed by atoms with Gasteiger partial charge >= 0.3 is 0 Å². The Kier molecular flexibility index (Phi) is 5.08. The van der Waals surface area contributed by atoms with Crippen LogP contribution in [0.4, 0.5) is 0 Å². The van der Waals surface area contributed by atoms with Gasteiger partial charge in [-0.1, -0.05) is 57.2 Å². The molecular weight excluding hydrogens is 320 g/mol. The maximum atomic E-state index is 10.8. The molecule has 0 saturated carbocycles. The third-order valence-corrected chi connectivity index (χ3v) is 5.29. The van der Waals surface area contributed by atoms with E-state index in [1.807, 2.05) is 6.92 Å². The molecule has 2 aromatic carbocycles. The molecule has 3 heteroatoms. The second-order valence-corrected chi connectivity index (χ2v) is 8.33. The van der Waals surface area contributed by atoms with E-state index in [0.717, 1.165) is 43.0 Å². The topological polar surface area (TPSA) is 35.8 Å². The van der Waals surface area contributed by atoms with Gasteiger partial charge in [-0.25, -0.2) is 0 Å². The minimum Gasteiger partial charge on any atom is -0.507 e. The summed E-state index contributed by atoms with van der Waals surface area (Å²) in [6.07, 6.45) is 0.780. The predicted octanol–water partition coefficient (Wildman–Crippen LogP) is 4.76. The molecule has 1 aliphatic rings. The largest absolute Gasteiger partial charge is 0.507 e. The Morgan fingerprint density at radius 3 is 2.46 bits per heavy atom. The van der Waals surface area contributed by atoms with Crippen molar-refractivity contribution >= 4 is 5.84 Å². The van der Waals surface area contributed by atoms with E-state index < -0.39 is 0 Å². The SMILES string of the molecule is Cc1cc(C(C)(C)C)c(O)c(C)c1CC1=NCCN1Cc1ccccc1. The van der Waals surface area contributed by atoms with Gasteiger partial charge in [0.15, 0.2) is 0 Å². The molecule has 2 aromatic rings. The minimum atomic E-state index is -0.0671. The van der Waals surface area contributed by atoms with Gasteiger partial charge < -0.3 is 10.0 Å². The van der Waals surface area contributed by atoms with Crippen molar-refractivity contribution < 1.29 is 5.11 Å². The normalized spacial score (nSPS) is 14.7. The summed E-state index contributed by atoms with van der Waals surface area (Å²) >= 11 is 0. The van der Waals surface area contributed by atoms with E-state index in [0.29, 0.717) is 5.75 Å². The lowest BCUT2D eigenvalue weighted by atomic mass is 9.82. The lowest BCUT2D eigenvalue weighted by molar-refractivity contribution is 0.439. The van der Waals surface area contributed by atoms with Crippen LogP contribution < -0.4 is 0 Å². The highest BCUT2D eigenvalue weighted by Gasteiger charge is 2.24. The summed E-state index contributed by atoms with van der Waals surface area (Å²) in [6.45, 7) is 13.3. The lowest BCUT2D eigenvalue weighted by Gasteiger charge is -2.26. The number of phenolic OH excluding ortho intramolecular Hbond substituents is 1. The quantitative estimate of drug-likeness (QED) is 0.863. The van der Waals surface area contributed by atoms with Crippen molar-refractivity contribution in [3.05, 3.63) is 64.2 Å². The average Bonchev–Trinajstić information content (AvgIpc) is 3.01. The van der Waals surface area contributed by atoms with Gasteiger partial charge in [0.1, 0.15) is 11.6 Å². The molecule has 0 aromatic heterocycles. The van der Waals surface area contributed by atoms with Crippen LogP contribution in [0.1, 0.15) is 48.6 Å². The fourth-order valence-electron chi connectivity index (χ4n) is 3.69. The number of aliphatic imine (C=N–C) groups is 1. The summed E-state index contributed by atoms with van der Waals surface area (Å²) < 4.78 is 0. The molecule has 0 aliphatic carbocycles. The maximum Gasteiger partial charge on any atom is 0.122 e. The molecule has 0 fully saturated rings. The first-order chi connectivity index (χ1) is 12.3. The molecule has 1 heterocycles. The first-order valence-corrected chi connectivity index (χ1v) is 9.42. The number of aryl methyl sites for hydroxylation is 1. The van der Waals surface area contributed by atoms with Crippen LogP contribution in [-0.4, -0.2) is 28.9 Å². The first-order valence-electron chi connectivity index (χ1n) is 9.42. The number of amidine groups is 1. The third-order valence-electron chi connectivity index (χ3n) is 5.29. The summed E-state index contributed by atoms with van der Waals surface area (Å²) in [5, 5.41) is 10.8. The smallest absolute Gasteiger partial charge is 0.122 e. The van der Waals surface area contributed by atoms with Crippen molar-refractivity contribution in [3.63, 3.8) is 0 Å². The van der Waals surface area contributed by atoms with Crippen LogP contribution >= 0.6 is 0 Å². The number of nitrogens with zero attached hydrogens (tertiary/aromatic N) is 2. The number of hydrogen-bond acceptors (Lipinski definition) is 3. The molecule has 3 nitrogen and oxygen atoms in total. The van der Waals surface area contributed by atoms with E-state index in [4.69, 9.17) is 4.99 Å². The van der Waals surface area contributed by atoms with Crippen LogP contribution in [0.25, 0.3) is 0 Å². The molecule has 1 aliphatic heterocycles. The van der Waals surface area contributed by atoms with Crippen LogP contribution in [-0.2, 0) is 18.4 Å². The third kappa shape index (κ3) is 3.77. The second-order valence-electron chi connectivity index (χ2n) is 8.33. The standard InChI is InChI=1S/C23H30N2O/c1-16-13-20(23(3,4)5)22(26)17(2)19(16)14-21-24-11-12-25(21)15-18-9-7-6-8-10-18/h6-10,13,26H,11-12,14-15H2,1-5H3. The zero-order valence-corrected chi connectivity index (χ0v) is 16.6. The van der Waals surface area contributed by atoms with Gasteiger partial charge in [-0.05, 0) is 47.1 Å². The van der Waals surface area contributed by atoms with Crippen molar-refractivity contribution in [2.24, 2.45) is 4.99 Å². The zero-order chi connectivity index (χ0) is 18.9. The first kappa shape index (κ1) is 18.5. The summed E-state index contributed by atoms with van der Waals surface area (Å²) in [7, 11) is 0. The Hall–Kier alpha value is -2.29. The molecule has 3 rings (SSSR count). The van der Waals surface area contributed by atoms with Gasteiger partial charge in [0.25, 0.3) is 0 Å². The average molecular weight is 351 g/mol. The van der Waals surface area contributed by atoms with E-state index in [2.05, 4.69) is 69.0 Å². The second kappa shape index (κ2) is 7.14. The minimum absolute atomic E-state index is 0.0671. The van der Waals surface area contributed by atoms with Crippen LogP contribution in [0.3, 0.4) is 0 Å². The van der Waals surface area contributed by atoms with Gasteiger partial charge in [-0.15, -0.1) is 0 Å². The number of hydrogen-bond donors (Lipinski definition) is 1. The Labute approximate surface area is 157 Å². The van der Waals surface area contributed by atoms with Crippen molar-refractivity contribution in [2.45, 2.75) is 53.0 Å². The van der Waals surface area contributed by atoms with E-state index in [1.54, 1.807) is 0 Å². The van der Waals surface area contributed by atoms with E-state index in [-0.39, 0.29) is 5.41 Å². The maximum absolute atomic E-state index is 10.8. The molecule has 0 amide bonds. The van der Waals surface area contributed by atoms with Gasteiger partial charge in [0.05, 0.1) is 6.54 Å². The van der Waals surface area contributed by atoms with Crippen LogP contribution in [0.15, 0.2) is 41.4 Å². The number of rotatable bonds is 4. The Bertz CT molecular complexity index is 816. The molecule has 0 unspecified atom stereocenters. The van der Waals surface area contributed by atoms with Crippen molar-refractivity contribution in [2.75, 3.05) is 13.1 Å². The Morgan fingerprint density at radius 1 is 1.12 bits per heavy atom. The highest BCUT2D eigenvalue weighted by atomic mass is 16.3. The van der Waals surface area contributed by atoms with Crippen molar-refractivity contribution in [1.82, 2.24) is 4.90 Å². The summed E-state index contributed by atoms with van der Waals surface area (Å²) in [6, 6.07) is 12.7. The summed E-state index contributed by atoms with van der Waals surface area (Å²) in [5.74, 6) is 1.56. The molecule has 1 N–H and O–H groups in total. The Balaban J connectivity index is 1.85. The van der Waals surface area contributed by atoms with E-state index >= 15 is 0 Å². The summed E-state index contributed by atoms with van der Waals surface area (Å²) in [5.41, 5.74) is 5.69. The molecule has 0 atom stereocenters. The molecule has 0 spiro atoms. The van der Waals surface area contributed by atoms with Gasteiger partial charge in [0.2, 0.25) is 0 Å². The van der Waals surface area contributed by atoms with Gasteiger partial charge in [0, 0.05) is 19.5 Å². The molecule has 138 valence electrons. The van der Waals surface area contributed by atoms with Crippen LogP contribution in [0.5, 0.6) is 5.75 Å². The van der Waals surface area contributed by atoms with E-state index in [1.165, 1.54) is 16.7 Å². The summed E-state index contributed by atoms with van der Waals surface area (Å²) in [4.78, 5) is 7.12. The fraction of sp³-hybridized carbons (Fsp3) is 0.435. The highest BCUT2D eigenvalue weighted by Crippen LogP contribution is 2.36. The van der Waals surface area contributed by atoms with Crippen molar-refractivity contribution in [3.8, 4) is 5.75 Å². The molecule has 0 bridgehead atoms. The zero-order valence-electron chi connectivity index (χ0n) is 16.6. The monoisotopic (exact) mass is 350 g/mol. The number of aromatic hydroxyl groups is 1. The molecule has 26 heavy (non-hydrogen) atoms. The van der Waals surface area contributed by atoms with Crippen molar-refractivity contribution in [1.29, 1.82) is 0 Å². The Morgan fingerprint density at radius 2 is 1.81 bits per heavy atom. The van der Waals surface area contributed by atoms with Crippen LogP contribution in [0.2, 0.25) is 0 Å². The predicted molar refractivity (Wildman–Crippen MR) is 109 cm³/mol. The van der Waals surface area contributed by atoms with Gasteiger partial charge in [-0.3, -0.25) is 4.99 Å². The number of phenols is 1. The molecular formula is C23H30N2O. The van der Waals surface area contributed by atoms with Crippen LogP contribution in [0, 0.1) is 13.8 Å². The lowest BCUT2D eigenvalue weighted by Crippen LogP contribution is -2.29.